The molecule has 0 aliphatic carbocycles. The Kier molecular flexibility index (Phi) is 6.99. The first kappa shape index (κ1) is 20.2. The van der Waals surface area contributed by atoms with Crippen molar-refractivity contribution in [2.24, 2.45) is 5.73 Å². The van der Waals surface area contributed by atoms with Gasteiger partial charge >= 0.3 is 12.1 Å². The maximum Gasteiger partial charge on any atom is 0.413 e. The molecule has 2 rings (SSSR count). The van der Waals surface area contributed by atoms with Crippen molar-refractivity contribution in [2.75, 3.05) is 26.7 Å². The highest BCUT2D eigenvalue weighted by Gasteiger charge is 2.33. The number of likely N-dealkylation sites (tertiary alicyclic amines) is 1. The maximum absolute atomic E-state index is 12.0. The molecule has 2 atom stereocenters. The number of carboxylic acids is 1. The third-order valence-corrected chi connectivity index (χ3v) is 5.18. The summed E-state index contributed by atoms with van der Waals surface area (Å²) in [5, 5.41) is 11.2. The number of carbonyl (C=O) groups excluding carboxylic acids is 1. The van der Waals surface area contributed by atoms with Crippen LogP contribution in [0.1, 0.15) is 38.2 Å². The van der Waals surface area contributed by atoms with E-state index in [4.69, 9.17) is 15.6 Å². The lowest BCUT2D eigenvalue weighted by Crippen LogP contribution is -2.46. The molecule has 7 nitrogen and oxygen atoms in total. The number of benzene rings is 1. The molecule has 1 aromatic carbocycles. The lowest BCUT2D eigenvalue weighted by Gasteiger charge is -2.35. The summed E-state index contributed by atoms with van der Waals surface area (Å²) in [7, 11) is 2.14. The lowest BCUT2D eigenvalue weighted by atomic mass is 9.74. The number of likely N-dealkylation sites (N-methyl/N-ethyl adjacent to an activating group) is 1. The number of nitrogens with one attached hydrogen (secondary N) is 1. The zero-order valence-corrected chi connectivity index (χ0v) is 15.5. The van der Waals surface area contributed by atoms with Crippen LogP contribution in [-0.2, 0) is 10.2 Å². The van der Waals surface area contributed by atoms with E-state index in [-0.39, 0.29) is 12.0 Å². The smallest absolute Gasteiger partial charge is 0.413 e. The predicted octanol–water partition coefficient (Wildman–Crippen LogP) is 1.95. The van der Waals surface area contributed by atoms with E-state index in [0.29, 0.717) is 5.75 Å². The third-order valence-electron chi connectivity index (χ3n) is 5.18. The lowest BCUT2D eigenvalue weighted by molar-refractivity contribution is -0.139. The van der Waals surface area contributed by atoms with Crippen LogP contribution in [-0.4, -0.2) is 54.8 Å². The molecule has 1 fully saturated rings. The Labute approximate surface area is 154 Å². The van der Waals surface area contributed by atoms with Gasteiger partial charge in [0.1, 0.15) is 11.8 Å². The van der Waals surface area contributed by atoms with Crippen molar-refractivity contribution < 1.29 is 19.4 Å². The molecule has 0 aromatic heterocycles. The van der Waals surface area contributed by atoms with Crippen molar-refractivity contribution in [1.82, 2.24) is 10.2 Å². The minimum atomic E-state index is -1.19. The summed E-state index contributed by atoms with van der Waals surface area (Å²) >= 11 is 0. The highest BCUT2D eigenvalue weighted by Crippen LogP contribution is 2.37. The van der Waals surface area contributed by atoms with E-state index in [1.54, 1.807) is 6.07 Å². The van der Waals surface area contributed by atoms with Gasteiger partial charge in [0.15, 0.2) is 0 Å². The van der Waals surface area contributed by atoms with Gasteiger partial charge in [-0.05, 0) is 50.6 Å². The predicted molar refractivity (Wildman–Crippen MR) is 99.4 cm³/mol. The Hall–Kier alpha value is -2.12. The molecule has 1 aliphatic rings. The molecule has 144 valence electrons. The van der Waals surface area contributed by atoms with Gasteiger partial charge in [-0.15, -0.1) is 0 Å². The van der Waals surface area contributed by atoms with Gasteiger partial charge in [0.05, 0.1) is 0 Å². The number of nitrogens with zero attached hydrogens (tertiary/aromatic N) is 1. The first-order chi connectivity index (χ1) is 12.4. The number of amides is 1. The minimum Gasteiger partial charge on any atom is -0.480 e. The third kappa shape index (κ3) is 4.95. The van der Waals surface area contributed by atoms with Gasteiger partial charge in [0.2, 0.25) is 0 Å². The summed E-state index contributed by atoms with van der Waals surface area (Å²) in [6.45, 7) is 4.05. The summed E-state index contributed by atoms with van der Waals surface area (Å²) in [6, 6.07) is 6.37. The Morgan fingerprint density at radius 2 is 2.19 bits per heavy atom. The van der Waals surface area contributed by atoms with E-state index < -0.39 is 18.1 Å². The van der Waals surface area contributed by atoms with Gasteiger partial charge in [0, 0.05) is 18.5 Å². The topological polar surface area (TPSA) is 105 Å². The van der Waals surface area contributed by atoms with Crippen LogP contribution in [0.5, 0.6) is 5.75 Å². The first-order valence-corrected chi connectivity index (χ1v) is 9.10. The molecule has 0 spiro atoms. The summed E-state index contributed by atoms with van der Waals surface area (Å²) in [4.78, 5) is 25.3. The SMILES string of the molecule is CCC1(c2cccc(OC(=O)NC(CN)C(=O)O)c2)CCCCN(C)C1. The standard InChI is InChI=1S/C19H29N3O4/c1-3-19(9-4-5-10-22(2)13-19)14-7-6-8-15(11-14)26-18(25)21-16(12-20)17(23)24/h6-8,11,16H,3-5,9-10,12-13,20H2,1-2H3,(H,21,25)(H,23,24). The van der Waals surface area contributed by atoms with Crippen molar-refractivity contribution >= 4 is 12.1 Å². The molecule has 2 unspecified atom stereocenters. The minimum absolute atomic E-state index is 0.0297. The molecule has 7 heteroatoms. The van der Waals surface area contributed by atoms with Crippen LogP contribution in [0.25, 0.3) is 0 Å². The molecule has 0 saturated carbocycles. The monoisotopic (exact) mass is 363 g/mol. The van der Waals surface area contributed by atoms with Gasteiger partial charge in [0.25, 0.3) is 0 Å². The van der Waals surface area contributed by atoms with E-state index >= 15 is 0 Å². The van der Waals surface area contributed by atoms with E-state index in [0.717, 1.165) is 31.5 Å². The van der Waals surface area contributed by atoms with E-state index in [2.05, 4.69) is 30.3 Å². The molecule has 1 heterocycles. The fourth-order valence-electron chi connectivity index (χ4n) is 3.64. The number of rotatable bonds is 6. The van der Waals surface area contributed by atoms with Crippen LogP contribution >= 0.6 is 0 Å². The van der Waals surface area contributed by atoms with Crippen molar-refractivity contribution in [2.45, 2.75) is 44.1 Å². The van der Waals surface area contributed by atoms with Gasteiger partial charge < -0.3 is 25.8 Å². The maximum atomic E-state index is 12.0. The average molecular weight is 363 g/mol. The van der Waals surface area contributed by atoms with Crippen LogP contribution in [0.3, 0.4) is 0 Å². The molecular formula is C19H29N3O4. The zero-order chi connectivity index (χ0) is 19.2. The van der Waals surface area contributed by atoms with E-state index in [1.807, 2.05) is 12.1 Å². The number of carboxylic acid groups (broad SMARTS) is 1. The molecule has 1 saturated heterocycles. The summed E-state index contributed by atoms with van der Waals surface area (Å²) in [6.07, 6.45) is 3.63. The van der Waals surface area contributed by atoms with Gasteiger partial charge in [-0.3, -0.25) is 0 Å². The second-order valence-corrected chi connectivity index (χ2v) is 7.02. The number of hydrogen-bond donors (Lipinski definition) is 3. The largest absolute Gasteiger partial charge is 0.480 e. The molecule has 1 amide bonds. The van der Waals surface area contributed by atoms with Crippen LogP contribution in [0.4, 0.5) is 4.79 Å². The number of nitrogens with two attached hydrogens (primary N) is 1. The van der Waals surface area contributed by atoms with Gasteiger partial charge in [-0.1, -0.05) is 25.5 Å². The van der Waals surface area contributed by atoms with Gasteiger partial charge in [-0.25, -0.2) is 9.59 Å². The van der Waals surface area contributed by atoms with Crippen LogP contribution in [0.15, 0.2) is 24.3 Å². The first-order valence-electron chi connectivity index (χ1n) is 9.10. The van der Waals surface area contributed by atoms with Gasteiger partial charge in [-0.2, -0.15) is 0 Å². The number of carbonyl (C=O) groups is 2. The van der Waals surface area contributed by atoms with Crippen molar-refractivity contribution in [3.63, 3.8) is 0 Å². The molecule has 4 N–H and O–H groups in total. The second kappa shape index (κ2) is 9.00. The highest BCUT2D eigenvalue weighted by molar-refractivity contribution is 5.81. The Balaban J connectivity index is 2.16. The van der Waals surface area contributed by atoms with Crippen molar-refractivity contribution in [3.05, 3.63) is 29.8 Å². The molecule has 26 heavy (non-hydrogen) atoms. The fourth-order valence-corrected chi connectivity index (χ4v) is 3.64. The summed E-state index contributed by atoms with van der Waals surface area (Å²) < 4.78 is 5.29. The quantitative estimate of drug-likeness (QED) is 0.713. The number of aliphatic carboxylic acids is 1. The Morgan fingerprint density at radius 1 is 1.42 bits per heavy atom. The molecule has 1 aliphatic heterocycles. The summed E-state index contributed by atoms with van der Waals surface area (Å²) in [5.41, 5.74) is 6.52. The van der Waals surface area contributed by atoms with Crippen molar-refractivity contribution in [1.29, 1.82) is 0 Å². The highest BCUT2D eigenvalue weighted by atomic mass is 16.6. The Morgan fingerprint density at radius 3 is 2.85 bits per heavy atom. The van der Waals surface area contributed by atoms with E-state index in [9.17, 15) is 9.59 Å². The zero-order valence-electron chi connectivity index (χ0n) is 15.5. The van der Waals surface area contributed by atoms with Crippen LogP contribution in [0.2, 0.25) is 0 Å². The molecule has 0 radical (unpaired) electrons. The second-order valence-electron chi connectivity index (χ2n) is 7.02. The molecular weight excluding hydrogens is 334 g/mol. The number of ether oxygens (including phenoxy) is 1. The Bertz CT molecular complexity index is 637. The van der Waals surface area contributed by atoms with Crippen LogP contribution in [0, 0.1) is 0 Å². The molecule has 1 aromatic rings. The average Bonchev–Trinajstić information content (AvgIpc) is 2.81. The van der Waals surface area contributed by atoms with Crippen LogP contribution < -0.4 is 15.8 Å². The number of hydrogen-bond acceptors (Lipinski definition) is 5. The van der Waals surface area contributed by atoms with Crippen molar-refractivity contribution in [3.8, 4) is 5.75 Å². The summed E-state index contributed by atoms with van der Waals surface area (Å²) in [5.74, 6) is -0.787. The molecule has 0 bridgehead atoms. The van der Waals surface area contributed by atoms with E-state index in [1.165, 1.54) is 12.8 Å². The fraction of sp³-hybridized carbons (Fsp3) is 0.579. The normalized spacial score (nSPS) is 22.3.